The van der Waals surface area contributed by atoms with Gasteiger partial charge in [-0.15, -0.1) is 24.0 Å². The first-order valence-electron chi connectivity index (χ1n) is 10.2. The monoisotopic (exact) mass is 542 g/mol. The van der Waals surface area contributed by atoms with Crippen molar-refractivity contribution in [2.75, 3.05) is 39.3 Å². The summed E-state index contributed by atoms with van der Waals surface area (Å²) in [5, 5.41) is 6.83. The summed E-state index contributed by atoms with van der Waals surface area (Å²) in [6.45, 7) is 4.24. The van der Waals surface area contributed by atoms with Gasteiger partial charge in [0.1, 0.15) is 17.3 Å². The molecule has 3 rings (SSSR count). The first-order valence-corrected chi connectivity index (χ1v) is 10.2. The van der Waals surface area contributed by atoms with Crippen molar-refractivity contribution in [3.05, 3.63) is 53.3 Å². The Morgan fingerprint density at radius 2 is 1.74 bits per heavy atom. The minimum Gasteiger partial charge on any atom is -0.497 e. The minimum absolute atomic E-state index is 0. The molecule has 1 aliphatic heterocycles. The van der Waals surface area contributed by atoms with E-state index < -0.39 is 0 Å². The molecule has 31 heavy (non-hydrogen) atoms. The molecule has 0 aliphatic carbocycles. The molecule has 0 radical (unpaired) electrons. The lowest BCUT2D eigenvalue weighted by atomic mass is 10.0. The fourth-order valence-electron chi connectivity index (χ4n) is 3.65. The molecule has 170 valence electrons. The molecule has 0 unspecified atom stereocenters. The zero-order chi connectivity index (χ0) is 21.5. The number of aryl methyl sites for hydroxylation is 1. The van der Waals surface area contributed by atoms with Gasteiger partial charge in [-0.3, -0.25) is 4.99 Å². The summed E-state index contributed by atoms with van der Waals surface area (Å²) in [6.07, 6.45) is 1.99. The van der Waals surface area contributed by atoms with Crippen LogP contribution >= 0.6 is 24.0 Å². The van der Waals surface area contributed by atoms with E-state index in [4.69, 9.17) is 9.47 Å². The SMILES string of the molecule is CN=C(NCc1ccc(F)c(C)c1)NC1CCN(c2cc(OC)cc(OC)c2)CC1.I. The Morgan fingerprint density at radius 1 is 1.10 bits per heavy atom. The number of hydrogen-bond acceptors (Lipinski definition) is 4. The molecule has 1 heterocycles. The number of rotatable bonds is 6. The second kappa shape index (κ2) is 12.0. The number of methoxy groups -OCH3 is 2. The van der Waals surface area contributed by atoms with E-state index in [-0.39, 0.29) is 29.8 Å². The molecule has 0 saturated carbocycles. The molecule has 0 amide bonds. The fraction of sp³-hybridized carbons (Fsp3) is 0.435. The average Bonchev–Trinajstić information content (AvgIpc) is 2.78. The lowest BCUT2D eigenvalue weighted by molar-refractivity contribution is 0.393. The first-order chi connectivity index (χ1) is 14.5. The Balaban J connectivity index is 0.00000341. The van der Waals surface area contributed by atoms with Crippen molar-refractivity contribution in [3.8, 4) is 11.5 Å². The summed E-state index contributed by atoms with van der Waals surface area (Å²) in [4.78, 5) is 6.68. The Hall–Kier alpha value is -2.23. The van der Waals surface area contributed by atoms with Crippen LogP contribution in [0.2, 0.25) is 0 Å². The largest absolute Gasteiger partial charge is 0.497 e. The third-order valence-electron chi connectivity index (χ3n) is 5.44. The van der Waals surface area contributed by atoms with Crippen molar-refractivity contribution in [2.45, 2.75) is 32.4 Å². The minimum atomic E-state index is -0.179. The number of hydrogen-bond donors (Lipinski definition) is 2. The zero-order valence-corrected chi connectivity index (χ0v) is 20.9. The third-order valence-corrected chi connectivity index (χ3v) is 5.44. The lowest BCUT2D eigenvalue weighted by Gasteiger charge is -2.34. The highest BCUT2D eigenvalue weighted by Gasteiger charge is 2.21. The van der Waals surface area contributed by atoms with Gasteiger partial charge in [-0.05, 0) is 37.0 Å². The van der Waals surface area contributed by atoms with Crippen LogP contribution in [-0.4, -0.2) is 46.4 Å². The van der Waals surface area contributed by atoms with Crippen LogP contribution in [0.4, 0.5) is 10.1 Å². The number of benzene rings is 2. The van der Waals surface area contributed by atoms with E-state index in [9.17, 15) is 4.39 Å². The summed E-state index contributed by atoms with van der Waals surface area (Å²) < 4.78 is 24.2. The van der Waals surface area contributed by atoms with Gasteiger partial charge >= 0.3 is 0 Å². The normalized spacial score (nSPS) is 14.6. The molecule has 0 bridgehead atoms. The second-order valence-electron chi connectivity index (χ2n) is 7.49. The maximum absolute atomic E-state index is 13.4. The highest BCUT2D eigenvalue weighted by Crippen LogP contribution is 2.30. The smallest absolute Gasteiger partial charge is 0.191 e. The summed E-state index contributed by atoms with van der Waals surface area (Å²) in [5.41, 5.74) is 2.79. The number of aliphatic imine (C=N–C) groups is 1. The first kappa shape index (κ1) is 25.0. The van der Waals surface area contributed by atoms with Crippen molar-refractivity contribution in [1.82, 2.24) is 10.6 Å². The number of piperidine rings is 1. The van der Waals surface area contributed by atoms with E-state index in [1.165, 1.54) is 6.07 Å². The van der Waals surface area contributed by atoms with E-state index >= 15 is 0 Å². The van der Waals surface area contributed by atoms with Crippen LogP contribution in [-0.2, 0) is 6.54 Å². The quantitative estimate of drug-likeness (QED) is 0.327. The molecule has 0 atom stereocenters. The van der Waals surface area contributed by atoms with Crippen LogP contribution in [0.3, 0.4) is 0 Å². The second-order valence-corrected chi connectivity index (χ2v) is 7.49. The van der Waals surface area contributed by atoms with Crippen molar-refractivity contribution < 1.29 is 13.9 Å². The van der Waals surface area contributed by atoms with Crippen LogP contribution in [0.1, 0.15) is 24.0 Å². The highest BCUT2D eigenvalue weighted by atomic mass is 127. The van der Waals surface area contributed by atoms with Crippen molar-refractivity contribution in [2.24, 2.45) is 4.99 Å². The fourth-order valence-corrected chi connectivity index (χ4v) is 3.65. The molecule has 1 saturated heterocycles. The van der Waals surface area contributed by atoms with Gasteiger partial charge in [0.15, 0.2) is 5.96 Å². The third kappa shape index (κ3) is 6.88. The maximum atomic E-state index is 13.4. The van der Waals surface area contributed by atoms with E-state index in [1.54, 1.807) is 34.3 Å². The Kier molecular flexibility index (Phi) is 9.67. The van der Waals surface area contributed by atoms with Gasteiger partial charge in [-0.2, -0.15) is 0 Å². The van der Waals surface area contributed by atoms with Gasteiger partial charge in [-0.25, -0.2) is 4.39 Å². The topological polar surface area (TPSA) is 58.1 Å². The maximum Gasteiger partial charge on any atom is 0.191 e. The van der Waals surface area contributed by atoms with E-state index in [1.807, 2.05) is 24.3 Å². The molecular weight excluding hydrogens is 510 g/mol. The summed E-state index contributed by atoms with van der Waals surface area (Å²) in [7, 11) is 5.10. The van der Waals surface area contributed by atoms with Gasteiger partial charge in [0.2, 0.25) is 0 Å². The van der Waals surface area contributed by atoms with Gasteiger partial charge < -0.3 is 25.0 Å². The number of anilines is 1. The van der Waals surface area contributed by atoms with Crippen LogP contribution in [0.15, 0.2) is 41.4 Å². The number of guanidine groups is 1. The van der Waals surface area contributed by atoms with Gasteiger partial charge in [-0.1, -0.05) is 12.1 Å². The zero-order valence-electron chi connectivity index (χ0n) is 18.6. The van der Waals surface area contributed by atoms with Crippen LogP contribution in [0.5, 0.6) is 11.5 Å². The molecule has 0 aromatic heterocycles. The van der Waals surface area contributed by atoms with E-state index in [0.29, 0.717) is 18.2 Å². The molecule has 8 heteroatoms. The van der Waals surface area contributed by atoms with E-state index in [2.05, 4.69) is 20.5 Å². The molecule has 1 fully saturated rings. The highest BCUT2D eigenvalue weighted by molar-refractivity contribution is 14.0. The van der Waals surface area contributed by atoms with Crippen molar-refractivity contribution >= 4 is 35.6 Å². The number of nitrogens with zero attached hydrogens (tertiary/aromatic N) is 2. The van der Waals surface area contributed by atoms with Gasteiger partial charge in [0, 0.05) is 56.6 Å². The van der Waals surface area contributed by atoms with Crippen LogP contribution in [0.25, 0.3) is 0 Å². The molecule has 2 N–H and O–H groups in total. The Labute approximate surface area is 201 Å². The number of halogens is 2. The number of ether oxygens (including phenoxy) is 2. The van der Waals surface area contributed by atoms with E-state index in [0.717, 1.165) is 54.6 Å². The van der Waals surface area contributed by atoms with Gasteiger partial charge in [0.25, 0.3) is 0 Å². The summed E-state index contributed by atoms with van der Waals surface area (Å²) in [6, 6.07) is 11.5. The molecule has 2 aromatic rings. The molecular formula is C23H32FIN4O2. The molecule has 1 aliphatic rings. The Bertz CT molecular complexity index is 864. The molecule has 6 nitrogen and oxygen atoms in total. The predicted molar refractivity (Wildman–Crippen MR) is 135 cm³/mol. The standard InChI is InChI=1S/C23H31FN4O2.HI/c1-16-11-17(5-6-22(16)24)15-26-23(25-2)27-18-7-9-28(10-8-18)19-12-20(29-3)14-21(13-19)30-4;/h5-6,11-14,18H,7-10,15H2,1-4H3,(H2,25,26,27);1H. The van der Waals surface area contributed by atoms with Crippen molar-refractivity contribution in [1.29, 1.82) is 0 Å². The Morgan fingerprint density at radius 3 is 2.29 bits per heavy atom. The number of nitrogens with one attached hydrogen (secondary N) is 2. The van der Waals surface area contributed by atoms with Crippen LogP contribution < -0.4 is 25.0 Å². The van der Waals surface area contributed by atoms with Crippen LogP contribution in [0, 0.1) is 12.7 Å². The summed E-state index contributed by atoms with van der Waals surface area (Å²) >= 11 is 0. The molecule has 0 spiro atoms. The predicted octanol–water partition coefficient (Wildman–Crippen LogP) is 4.10. The average molecular weight is 542 g/mol. The summed E-state index contributed by atoms with van der Waals surface area (Å²) in [5.74, 6) is 2.18. The lowest BCUT2D eigenvalue weighted by Crippen LogP contribution is -2.48. The van der Waals surface area contributed by atoms with Gasteiger partial charge in [0.05, 0.1) is 14.2 Å². The molecule has 2 aromatic carbocycles. The van der Waals surface area contributed by atoms with Crippen molar-refractivity contribution in [3.63, 3.8) is 0 Å².